The smallest absolute Gasteiger partial charge is 0.0785 e. The summed E-state index contributed by atoms with van der Waals surface area (Å²) < 4.78 is 10.8. The second-order valence-corrected chi connectivity index (χ2v) is 3.80. The molecule has 2 N–H and O–H groups in total. The minimum Gasteiger partial charge on any atom is -0.396 e. The van der Waals surface area contributed by atoms with Gasteiger partial charge in [-0.25, -0.2) is 0 Å². The normalized spacial score (nSPS) is 15.2. The van der Waals surface area contributed by atoms with Gasteiger partial charge in [-0.2, -0.15) is 0 Å². The second-order valence-electron chi connectivity index (χ2n) is 3.80. The minimum atomic E-state index is -0.127. The fourth-order valence-corrected chi connectivity index (χ4v) is 1.22. The van der Waals surface area contributed by atoms with Crippen molar-refractivity contribution in [1.29, 1.82) is 0 Å². The standard InChI is InChI=1S/C11H24O4/c1-10(8-13)15-11(2)9-14-7-5-3-4-6-12/h10-13H,3-9H2,1-2H3. The molecule has 0 aliphatic heterocycles. The lowest BCUT2D eigenvalue weighted by molar-refractivity contribution is -0.0586. The van der Waals surface area contributed by atoms with Crippen molar-refractivity contribution >= 4 is 0 Å². The molecule has 0 rings (SSSR count). The molecule has 2 atom stereocenters. The van der Waals surface area contributed by atoms with Crippen molar-refractivity contribution in [3.63, 3.8) is 0 Å². The van der Waals surface area contributed by atoms with Crippen molar-refractivity contribution in [3.05, 3.63) is 0 Å². The second kappa shape index (κ2) is 10.4. The zero-order valence-electron chi connectivity index (χ0n) is 9.82. The third-order valence-corrected chi connectivity index (χ3v) is 2.02. The van der Waals surface area contributed by atoms with Crippen molar-refractivity contribution in [2.45, 2.75) is 45.3 Å². The van der Waals surface area contributed by atoms with E-state index in [4.69, 9.17) is 19.7 Å². The molecule has 0 aliphatic rings. The summed E-state index contributed by atoms with van der Waals surface area (Å²) >= 11 is 0. The Morgan fingerprint density at radius 1 is 1.00 bits per heavy atom. The van der Waals surface area contributed by atoms with Gasteiger partial charge in [-0.3, -0.25) is 0 Å². The highest BCUT2D eigenvalue weighted by molar-refractivity contribution is 4.53. The average Bonchev–Trinajstić information content (AvgIpc) is 2.23. The number of hydrogen-bond donors (Lipinski definition) is 2. The van der Waals surface area contributed by atoms with Gasteiger partial charge in [-0.1, -0.05) is 0 Å². The Kier molecular flexibility index (Phi) is 10.3. The van der Waals surface area contributed by atoms with Gasteiger partial charge in [0.05, 0.1) is 25.4 Å². The van der Waals surface area contributed by atoms with Crippen LogP contribution in [0.4, 0.5) is 0 Å². The molecule has 15 heavy (non-hydrogen) atoms. The lowest BCUT2D eigenvalue weighted by Crippen LogP contribution is -2.24. The van der Waals surface area contributed by atoms with Crippen molar-refractivity contribution in [2.24, 2.45) is 0 Å². The van der Waals surface area contributed by atoms with Gasteiger partial charge < -0.3 is 19.7 Å². The highest BCUT2D eigenvalue weighted by atomic mass is 16.5. The van der Waals surface area contributed by atoms with Gasteiger partial charge in [0.2, 0.25) is 0 Å². The van der Waals surface area contributed by atoms with Crippen LogP contribution in [0, 0.1) is 0 Å². The fourth-order valence-electron chi connectivity index (χ4n) is 1.22. The Morgan fingerprint density at radius 2 is 1.73 bits per heavy atom. The molecule has 4 nitrogen and oxygen atoms in total. The third kappa shape index (κ3) is 10.1. The number of ether oxygens (including phenoxy) is 2. The first kappa shape index (κ1) is 14.8. The van der Waals surface area contributed by atoms with Crippen molar-refractivity contribution in [3.8, 4) is 0 Å². The predicted molar refractivity (Wildman–Crippen MR) is 58.9 cm³/mol. The molecule has 2 unspecified atom stereocenters. The maximum atomic E-state index is 8.76. The average molecular weight is 220 g/mol. The van der Waals surface area contributed by atoms with Gasteiger partial charge in [-0.15, -0.1) is 0 Å². The van der Waals surface area contributed by atoms with E-state index in [2.05, 4.69) is 0 Å². The topological polar surface area (TPSA) is 58.9 Å². The van der Waals surface area contributed by atoms with Crippen LogP contribution in [0.5, 0.6) is 0 Å². The van der Waals surface area contributed by atoms with Crippen LogP contribution in [0.2, 0.25) is 0 Å². The maximum absolute atomic E-state index is 8.76. The van der Waals surface area contributed by atoms with E-state index in [9.17, 15) is 0 Å². The molecule has 0 aromatic heterocycles. The first-order chi connectivity index (χ1) is 7.20. The van der Waals surface area contributed by atoms with Gasteiger partial charge in [0.25, 0.3) is 0 Å². The van der Waals surface area contributed by atoms with Crippen LogP contribution < -0.4 is 0 Å². The number of aliphatic hydroxyl groups excluding tert-OH is 2. The van der Waals surface area contributed by atoms with Crippen LogP contribution in [0.15, 0.2) is 0 Å². The number of aliphatic hydroxyl groups is 2. The molecule has 0 amide bonds. The minimum absolute atomic E-state index is 0.0185. The van der Waals surface area contributed by atoms with E-state index in [0.29, 0.717) is 13.2 Å². The highest BCUT2D eigenvalue weighted by Gasteiger charge is 2.07. The Labute approximate surface area is 92.2 Å². The Morgan fingerprint density at radius 3 is 2.33 bits per heavy atom. The summed E-state index contributed by atoms with van der Waals surface area (Å²) in [5.74, 6) is 0. The summed E-state index contributed by atoms with van der Waals surface area (Å²) in [5, 5.41) is 17.3. The van der Waals surface area contributed by atoms with Crippen LogP contribution in [0.3, 0.4) is 0 Å². The molecule has 0 fully saturated rings. The SMILES string of the molecule is CC(CO)OC(C)COCCCCCO. The lowest BCUT2D eigenvalue weighted by atomic mass is 10.2. The molecule has 92 valence electrons. The molecule has 0 saturated heterocycles. The molecule has 0 aliphatic carbocycles. The van der Waals surface area contributed by atoms with E-state index in [-0.39, 0.29) is 25.4 Å². The van der Waals surface area contributed by atoms with E-state index < -0.39 is 0 Å². The highest BCUT2D eigenvalue weighted by Crippen LogP contribution is 2.00. The summed E-state index contributed by atoms with van der Waals surface area (Å²) in [7, 11) is 0. The number of hydrogen-bond acceptors (Lipinski definition) is 4. The van der Waals surface area contributed by atoms with E-state index >= 15 is 0 Å². The third-order valence-electron chi connectivity index (χ3n) is 2.02. The summed E-state index contributed by atoms with van der Waals surface area (Å²) in [4.78, 5) is 0. The molecule has 0 aromatic rings. The monoisotopic (exact) mass is 220 g/mol. The number of unbranched alkanes of at least 4 members (excludes halogenated alkanes) is 2. The van der Waals surface area contributed by atoms with Gasteiger partial charge >= 0.3 is 0 Å². The zero-order valence-corrected chi connectivity index (χ0v) is 9.82. The molecule has 0 saturated carbocycles. The van der Waals surface area contributed by atoms with Crippen LogP contribution in [-0.2, 0) is 9.47 Å². The van der Waals surface area contributed by atoms with Crippen LogP contribution >= 0.6 is 0 Å². The van der Waals surface area contributed by atoms with E-state index in [1.165, 1.54) is 0 Å². The van der Waals surface area contributed by atoms with E-state index in [1.807, 2.05) is 13.8 Å². The van der Waals surface area contributed by atoms with Crippen LogP contribution in [0.1, 0.15) is 33.1 Å². The quantitative estimate of drug-likeness (QED) is 0.538. The summed E-state index contributed by atoms with van der Waals surface area (Å²) in [6.07, 6.45) is 2.71. The molecule has 0 spiro atoms. The van der Waals surface area contributed by atoms with Gasteiger partial charge in [-0.05, 0) is 33.1 Å². The summed E-state index contributed by atoms with van der Waals surface area (Å²) in [5.41, 5.74) is 0. The van der Waals surface area contributed by atoms with Crippen molar-refractivity contribution in [2.75, 3.05) is 26.4 Å². The lowest BCUT2D eigenvalue weighted by Gasteiger charge is -2.17. The molecular formula is C11H24O4. The predicted octanol–water partition coefficient (Wildman–Crippen LogP) is 0.951. The largest absolute Gasteiger partial charge is 0.396 e. The molecule has 0 heterocycles. The van der Waals surface area contributed by atoms with Gasteiger partial charge in [0, 0.05) is 13.2 Å². The maximum Gasteiger partial charge on any atom is 0.0785 e. The van der Waals surface area contributed by atoms with Gasteiger partial charge in [0.15, 0.2) is 0 Å². The molecule has 0 radical (unpaired) electrons. The molecule has 0 bridgehead atoms. The summed E-state index contributed by atoms with van der Waals surface area (Å²) in [6, 6.07) is 0. The molecular weight excluding hydrogens is 196 g/mol. The first-order valence-corrected chi connectivity index (χ1v) is 5.65. The van der Waals surface area contributed by atoms with E-state index in [1.54, 1.807) is 0 Å². The molecule has 4 heteroatoms. The summed E-state index contributed by atoms with van der Waals surface area (Å²) in [6.45, 7) is 5.33. The molecule has 0 aromatic carbocycles. The van der Waals surface area contributed by atoms with Crippen molar-refractivity contribution < 1.29 is 19.7 Å². The first-order valence-electron chi connectivity index (χ1n) is 5.65. The Balaban J connectivity index is 3.20. The fraction of sp³-hybridized carbons (Fsp3) is 1.00. The zero-order chi connectivity index (χ0) is 11.5. The van der Waals surface area contributed by atoms with Crippen molar-refractivity contribution in [1.82, 2.24) is 0 Å². The Hall–Kier alpha value is -0.160. The van der Waals surface area contributed by atoms with E-state index in [0.717, 1.165) is 19.3 Å². The van der Waals surface area contributed by atoms with Crippen LogP contribution in [0.25, 0.3) is 0 Å². The van der Waals surface area contributed by atoms with Gasteiger partial charge in [0.1, 0.15) is 0 Å². The van der Waals surface area contributed by atoms with Crippen LogP contribution in [-0.4, -0.2) is 48.8 Å². The number of rotatable bonds is 10. The Bertz CT molecular complexity index is 130.